The summed E-state index contributed by atoms with van der Waals surface area (Å²) in [6, 6.07) is 21.5. The largest absolute Gasteiger partial charge is 0.496 e. The van der Waals surface area contributed by atoms with Crippen LogP contribution >= 0.6 is 0 Å². The average Bonchev–Trinajstić information content (AvgIpc) is 3.46. The summed E-state index contributed by atoms with van der Waals surface area (Å²) in [5.41, 5.74) is 9.03. The van der Waals surface area contributed by atoms with Crippen molar-refractivity contribution in [3.63, 3.8) is 0 Å². The minimum absolute atomic E-state index is 0.196. The molecule has 0 unspecified atom stereocenters. The van der Waals surface area contributed by atoms with Crippen LogP contribution in [0.4, 0.5) is 0 Å². The van der Waals surface area contributed by atoms with Crippen molar-refractivity contribution in [2.24, 2.45) is 0 Å². The number of nitrogens with zero attached hydrogens (tertiary/aromatic N) is 1. The van der Waals surface area contributed by atoms with Gasteiger partial charge in [0.05, 0.1) is 11.2 Å². The molecule has 1 saturated heterocycles. The van der Waals surface area contributed by atoms with Crippen molar-refractivity contribution in [1.82, 2.24) is 4.57 Å². The van der Waals surface area contributed by atoms with E-state index in [0.29, 0.717) is 0 Å². The number of para-hydroxylation sites is 1. The van der Waals surface area contributed by atoms with Crippen LogP contribution in [0, 0.1) is 0 Å². The Morgan fingerprint density at radius 1 is 0.730 bits per heavy atom. The molecule has 0 atom stereocenters. The van der Waals surface area contributed by atoms with Gasteiger partial charge in [-0.3, -0.25) is 0 Å². The van der Waals surface area contributed by atoms with Crippen molar-refractivity contribution >= 4 is 30.3 Å². The molecular formula is C33H32BNO2. The summed E-state index contributed by atoms with van der Waals surface area (Å²) in [7, 11) is -0.429. The zero-order chi connectivity index (χ0) is 25.7. The fraction of sp³-hybridized carbons (Fsp3) is 0.273. The number of rotatable bonds is 2. The molecule has 2 aromatic rings. The second-order valence-corrected chi connectivity index (χ2v) is 12.1. The Morgan fingerprint density at radius 3 is 2.14 bits per heavy atom. The normalized spacial score (nSPS) is 20.3. The van der Waals surface area contributed by atoms with Crippen LogP contribution in [0.25, 0.3) is 34.5 Å². The molecule has 2 heterocycles. The van der Waals surface area contributed by atoms with Crippen LogP contribution in [0.1, 0.15) is 52.7 Å². The van der Waals surface area contributed by atoms with Gasteiger partial charge in [-0.25, -0.2) is 0 Å². The number of hydrogen-bond acceptors (Lipinski definition) is 2. The van der Waals surface area contributed by atoms with Crippen LogP contribution in [0.3, 0.4) is 0 Å². The molecule has 184 valence electrons. The summed E-state index contributed by atoms with van der Waals surface area (Å²) in [6.45, 7) is 13.3. The van der Waals surface area contributed by atoms with Gasteiger partial charge in [0, 0.05) is 29.1 Å². The number of fused-ring (bicyclic) bond motifs is 5. The van der Waals surface area contributed by atoms with E-state index in [1.54, 1.807) is 0 Å². The highest BCUT2D eigenvalue weighted by atomic mass is 16.7. The fourth-order valence-corrected chi connectivity index (χ4v) is 6.49. The molecule has 1 fully saturated rings. The number of benzene rings is 2. The number of allylic oxidation sites excluding steroid dienone is 1. The predicted octanol–water partition coefficient (Wildman–Crippen LogP) is 5.20. The first-order valence-electron chi connectivity index (χ1n) is 13.2. The quantitative estimate of drug-likeness (QED) is 0.365. The molecule has 0 spiro atoms. The van der Waals surface area contributed by atoms with Gasteiger partial charge in [0.15, 0.2) is 0 Å². The average molecular weight is 485 g/mol. The van der Waals surface area contributed by atoms with Crippen molar-refractivity contribution in [3.05, 3.63) is 100 Å². The third kappa shape index (κ3) is 3.09. The lowest BCUT2D eigenvalue weighted by Gasteiger charge is -2.34. The Labute approximate surface area is 219 Å². The zero-order valence-electron chi connectivity index (χ0n) is 22.4. The van der Waals surface area contributed by atoms with Gasteiger partial charge in [0.25, 0.3) is 0 Å². The maximum atomic E-state index is 6.66. The third-order valence-electron chi connectivity index (χ3n) is 9.00. The van der Waals surface area contributed by atoms with Gasteiger partial charge >= 0.3 is 7.12 Å². The standard InChI is InChI=1S/C33H32BNO2/c1-31(2)28-22(18-21-12-10-11-15-24(21)28)19-26-29(31)27-20-35(23-13-8-7-9-14-23)17-16-25(27)30(26)34-36-32(3,4)33(5,6)37-34/h7-20H,1-6H3. The Morgan fingerprint density at radius 2 is 1.41 bits per heavy atom. The molecule has 0 radical (unpaired) electrons. The Bertz CT molecular complexity index is 1690. The predicted molar refractivity (Wildman–Crippen MR) is 153 cm³/mol. The highest BCUT2D eigenvalue weighted by molar-refractivity contribution is 6.65. The lowest BCUT2D eigenvalue weighted by molar-refractivity contribution is 0.00578. The van der Waals surface area contributed by atoms with Gasteiger partial charge in [-0.2, -0.15) is 0 Å². The molecule has 4 heteroatoms. The second-order valence-electron chi connectivity index (χ2n) is 12.1. The van der Waals surface area contributed by atoms with Gasteiger partial charge < -0.3 is 13.9 Å². The molecule has 3 aliphatic carbocycles. The van der Waals surface area contributed by atoms with E-state index in [1.807, 2.05) is 0 Å². The van der Waals surface area contributed by atoms with Crippen LogP contribution in [-0.4, -0.2) is 22.9 Å². The van der Waals surface area contributed by atoms with E-state index in [1.165, 1.54) is 43.8 Å². The van der Waals surface area contributed by atoms with E-state index in [4.69, 9.17) is 9.31 Å². The number of hydrogen-bond donors (Lipinski definition) is 0. The van der Waals surface area contributed by atoms with Gasteiger partial charge in [-0.15, -0.1) is 0 Å². The van der Waals surface area contributed by atoms with Crippen LogP contribution < -0.4 is 15.9 Å². The Hall–Kier alpha value is -3.34. The molecule has 0 N–H and O–H groups in total. The van der Waals surface area contributed by atoms with Crippen molar-refractivity contribution in [2.45, 2.75) is 58.2 Å². The lowest BCUT2D eigenvalue weighted by atomic mass is 9.67. The topological polar surface area (TPSA) is 23.4 Å². The first-order chi connectivity index (χ1) is 17.6. The van der Waals surface area contributed by atoms with Crippen LogP contribution in [0.15, 0.2) is 78.6 Å². The van der Waals surface area contributed by atoms with E-state index in [2.05, 4.69) is 131 Å². The maximum absolute atomic E-state index is 6.66. The molecular weight excluding hydrogens is 453 g/mol. The maximum Gasteiger partial charge on any atom is 0.496 e. The minimum atomic E-state index is -0.429. The summed E-state index contributed by atoms with van der Waals surface area (Å²) < 4.78 is 15.6. The highest BCUT2D eigenvalue weighted by Crippen LogP contribution is 2.51. The molecule has 0 amide bonds. The Kier molecular flexibility index (Phi) is 4.55. The van der Waals surface area contributed by atoms with Crippen LogP contribution in [-0.2, 0) is 14.7 Å². The lowest BCUT2D eigenvalue weighted by Crippen LogP contribution is -2.41. The summed E-state index contributed by atoms with van der Waals surface area (Å²) in [4.78, 5) is 0. The smallest absolute Gasteiger partial charge is 0.399 e. The molecule has 2 aliphatic heterocycles. The molecule has 0 bridgehead atoms. The fourth-order valence-electron chi connectivity index (χ4n) is 6.49. The van der Waals surface area contributed by atoms with Crippen LogP contribution in [0.2, 0.25) is 0 Å². The molecule has 5 aliphatic rings. The van der Waals surface area contributed by atoms with E-state index in [0.717, 1.165) is 11.2 Å². The van der Waals surface area contributed by atoms with Gasteiger partial charge in [-0.05, 0) is 102 Å². The highest BCUT2D eigenvalue weighted by Gasteiger charge is 2.54. The van der Waals surface area contributed by atoms with E-state index in [-0.39, 0.29) is 5.41 Å². The molecule has 0 saturated carbocycles. The molecule has 2 aromatic carbocycles. The Balaban J connectivity index is 1.55. The second kappa shape index (κ2) is 7.37. The van der Waals surface area contributed by atoms with Crippen molar-refractivity contribution in [3.8, 4) is 16.8 Å². The van der Waals surface area contributed by atoms with E-state index >= 15 is 0 Å². The van der Waals surface area contributed by atoms with Gasteiger partial charge in [-0.1, -0.05) is 56.3 Å². The molecule has 0 aromatic heterocycles. The van der Waals surface area contributed by atoms with Crippen molar-refractivity contribution < 1.29 is 9.31 Å². The monoisotopic (exact) mass is 485 g/mol. The van der Waals surface area contributed by atoms with Crippen molar-refractivity contribution in [2.75, 3.05) is 0 Å². The summed E-state index contributed by atoms with van der Waals surface area (Å²) in [6.07, 6.45) is 9.17. The van der Waals surface area contributed by atoms with E-state index in [9.17, 15) is 0 Å². The summed E-state index contributed by atoms with van der Waals surface area (Å²) >= 11 is 0. The van der Waals surface area contributed by atoms with Gasteiger partial charge in [0.2, 0.25) is 0 Å². The van der Waals surface area contributed by atoms with Crippen LogP contribution in [0.5, 0.6) is 0 Å². The third-order valence-corrected chi connectivity index (χ3v) is 9.00. The SMILES string of the molecule is CC1(C)C2=c3ccccc3=CC2=Cc2c(B3OC(C)(C)C(C)(C)O3)c3ccn(-c4ccccc4)cc-3c21. The summed E-state index contributed by atoms with van der Waals surface area (Å²) in [5, 5.41) is 2.63. The van der Waals surface area contributed by atoms with Crippen molar-refractivity contribution in [1.29, 1.82) is 0 Å². The van der Waals surface area contributed by atoms with Gasteiger partial charge in [0.1, 0.15) is 0 Å². The summed E-state index contributed by atoms with van der Waals surface area (Å²) in [5.74, 6) is 0. The zero-order valence-corrected chi connectivity index (χ0v) is 22.4. The number of pyridine rings is 1. The minimum Gasteiger partial charge on any atom is -0.399 e. The molecule has 7 rings (SSSR count). The molecule has 37 heavy (non-hydrogen) atoms. The van der Waals surface area contributed by atoms with E-state index < -0.39 is 18.3 Å². The molecule has 3 nitrogen and oxygen atoms in total. The first kappa shape index (κ1) is 22.8. The number of aromatic nitrogens is 1. The first-order valence-corrected chi connectivity index (χ1v) is 13.2.